The second-order valence-electron chi connectivity index (χ2n) is 5.51. The Morgan fingerprint density at radius 2 is 1.78 bits per heavy atom. The van der Waals surface area contributed by atoms with Gasteiger partial charge in [-0.2, -0.15) is 0 Å². The second kappa shape index (κ2) is 9.30. The molecule has 0 radical (unpaired) electrons. The number of nitrogens with zero attached hydrogens (tertiary/aromatic N) is 1. The van der Waals surface area contributed by atoms with E-state index in [-0.39, 0.29) is 30.1 Å². The predicted molar refractivity (Wildman–Crippen MR) is 98.6 cm³/mol. The van der Waals surface area contributed by atoms with Crippen LogP contribution in [0.1, 0.15) is 17.3 Å². The number of hydrogen-bond acceptors (Lipinski definition) is 7. The molecule has 0 aliphatic rings. The van der Waals surface area contributed by atoms with Gasteiger partial charge in [0.15, 0.2) is 6.10 Å². The van der Waals surface area contributed by atoms with Crippen molar-refractivity contribution in [2.24, 2.45) is 0 Å². The second-order valence-corrected chi connectivity index (χ2v) is 5.51. The summed E-state index contributed by atoms with van der Waals surface area (Å²) in [6, 6.07) is 12.2. The van der Waals surface area contributed by atoms with E-state index in [1.165, 1.54) is 31.2 Å². The predicted octanol–water partition coefficient (Wildman–Crippen LogP) is 2.18. The van der Waals surface area contributed by atoms with Crippen molar-refractivity contribution in [1.29, 1.82) is 0 Å². The molecule has 0 fully saturated rings. The third kappa shape index (κ3) is 5.25. The van der Waals surface area contributed by atoms with Crippen molar-refractivity contribution in [3.63, 3.8) is 0 Å². The Balaban J connectivity index is 2.07. The number of rotatable bonds is 8. The number of nitrogens with one attached hydrogen (secondary N) is 2. The molecule has 0 heterocycles. The lowest BCUT2D eigenvalue weighted by Gasteiger charge is -2.15. The first-order chi connectivity index (χ1) is 12.9. The lowest BCUT2D eigenvalue weighted by molar-refractivity contribution is -0.383. The van der Waals surface area contributed by atoms with Crippen LogP contribution in [0.5, 0.6) is 0 Å². The summed E-state index contributed by atoms with van der Waals surface area (Å²) < 4.78 is 5.17. The van der Waals surface area contributed by atoms with Gasteiger partial charge in [-0.25, -0.2) is 4.79 Å². The Morgan fingerprint density at radius 3 is 2.44 bits per heavy atom. The number of nitro groups is 1. The van der Waals surface area contributed by atoms with Gasteiger partial charge in [0.2, 0.25) is 0 Å². The Morgan fingerprint density at radius 1 is 1.15 bits per heavy atom. The molecule has 2 rings (SSSR count). The number of aliphatic hydroxyl groups excluding tert-OH is 1. The molecule has 9 heteroatoms. The summed E-state index contributed by atoms with van der Waals surface area (Å²) >= 11 is 0. The molecule has 1 atom stereocenters. The van der Waals surface area contributed by atoms with Crippen LogP contribution in [0.15, 0.2) is 48.5 Å². The molecule has 0 saturated carbocycles. The van der Waals surface area contributed by atoms with Gasteiger partial charge >= 0.3 is 5.97 Å². The van der Waals surface area contributed by atoms with Crippen molar-refractivity contribution >= 4 is 28.9 Å². The van der Waals surface area contributed by atoms with Crippen LogP contribution in [0.25, 0.3) is 0 Å². The van der Waals surface area contributed by atoms with Gasteiger partial charge < -0.3 is 20.5 Å². The fourth-order valence-corrected chi connectivity index (χ4v) is 2.26. The maximum atomic E-state index is 12.4. The van der Waals surface area contributed by atoms with Crippen molar-refractivity contribution < 1.29 is 24.4 Å². The highest BCUT2D eigenvalue weighted by Gasteiger charge is 2.23. The summed E-state index contributed by atoms with van der Waals surface area (Å²) in [5, 5.41) is 25.2. The monoisotopic (exact) mass is 373 g/mol. The summed E-state index contributed by atoms with van der Waals surface area (Å²) in [6.45, 7) is 1.50. The number of ether oxygens (including phenoxy) is 1. The fraction of sp³-hybridized carbons (Fsp3) is 0.222. The van der Waals surface area contributed by atoms with Gasteiger partial charge in [-0.05, 0) is 25.1 Å². The van der Waals surface area contributed by atoms with Crippen LogP contribution >= 0.6 is 0 Å². The van der Waals surface area contributed by atoms with E-state index in [2.05, 4.69) is 10.6 Å². The number of hydrogen-bond donors (Lipinski definition) is 3. The highest BCUT2D eigenvalue weighted by atomic mass is 16.6. The molecular weight excluding hydrogens is 354 g/mol. The molecule has 3 N–H and O–H groups in total. The van der Waals surface area contributed by atoms with Crippen molar-refractivity contribution in [3.8, 4) is 0 Å². The lowest BCUT2D eigenvalue weighted by Crippen LogP contribution is -2.30. The van der Waals surface area contributed by atoms with Crippen molar-refractivity contribution in [2.45, 2.75) is 13.0 Å². The SMILES string of the molecule is CC(OC(=O)c1ccccc1NCCO)C(=O)Nc1ccccc1[N+](=O)[O-]. The minimum absolute atomic E-state index is 0.0143. The van der Waals surface area contributed by atoms with Crippen molar-refractivity contribution in [2.75, 3.05) is 23.8 Å². The smallest absolute Gasteiger partial charge is 0.341 e. The van der Waals surface area contributed by atoms with E-state index in [9.17, 15) is 19.7 Å². The number of carbonyl (C=O) groups is 2. The van der Waals surface area contributed by atoms with Crippen LogP contribution in [-0.2, 0) is 9.53 Å². The molecule has 9 nitrogen and oxygen atoms in total. The molecule has 0 spiro atoms. The van der Waals surface area contributed by atoms with Crippen molar-refractivity contribution in [1.82, 2.24) is 0 Å². The summed E-state index contributed by atoms with van der Waals surface area (Å²) in [5.74, 6) is -1.43. The van der Waals surface area contributed by atoms with Crippen LogP contribution < -0.4 is 10.6 Å². The summed E-state index contributed by atoms with van der Waals surface area (Å²) in [5.41, 5.74) is 0.419. The number of aliphatic hydroxyl groups is 1. The molecule has 0 bridgehead atoms. The highest BCUT2D eigenvalue weighted by Crippen LogP contribution is 2.23. The molecule has 0 aliphatic carbocycles. The molecule has 1 amide bonds. The molecule has 2 aromatic carbocycles. The zero-order valence-corrected chi connectivity index (χ0v) is 14.5. The van der Waals surface area contributed by atoms with Crippen molar-refractivity contribution in [3.05, 3.63) is 64.2 Å². The maximum Gasteiger partial charge on any atom is 0.341 e. The minimum Gasteiger partial charge on any atom is -0.449 e. The normalized spacial score (nSPS) is 11.3. The average Bonchev–Trinajstić information content (AvgIpc) is 2.66. The van der Waals surface area contributed by atoms with Crippen LogP contribution in [0.4, 0.5) is 17.1 Å². The van der Waals surface area contributed by atoms with Gasteiger partial charge in [0, 0.05) is 18.3 Å². The Bertz CT molecular complexity index is 839. The zero-order chi connectivity index (χ0) is 19.8. The largest absolute Gasteiger partial charge is 0.449 e. The van der Waals surface area contributed by atoms with E-state index >= 15 is 0 Å². The summed E-state index contributed by atoms with van der Waals surface area (Å²) in [4.78, 5) is 35.0. The lowest BCUT2D eigenvalue weighted by atomic mass is 10.1. The summed E-state index contributed by atoms with van der Waals surface area (Å²) in [6.07, 6.45) is -1.18. The molecule has 0 aromatic heterocycles. The standard InChI is InChI=1S/C18H19N3O6/c1-12(17(23)20-15-8-4-5-9-16(15)21(25)26)27-18(24)13-6-2-3-7-14(13)19-10-11-22/h2-9,12,19,22H,10-11H2,1H3,(H,20,23). The Hall–Kier alpha value is -3.46. The van der Waals surface area contributed by atoms with E-state index in [0.29, 0.717) is 5.69 Å². The van der Waals surface area contributed by atoms with Crippen LogP contribution in [-0.4, -0.2) is 41.2 Å². The molecular formula is C18H19N3O6. The first kappa shape index (κ1) is 19.9. The molecule has 2 aromatic rings. The number of para-hydroxylation sites is 3. The molecule has 0 aliphatic heterocycles. The van der Waals surface area contributed by atoms with E-state index < -0.39 is 22.9 Å². The number of nitro benzene ring substituents is 1. The Labute approximate surface area is 155 Å². The zero-order valence-electron chi connectivity index (χ0n) is 14.5. The van der Waals surface area contributed by atoms with E-state index in [1.807, 2.05) is 0 Å². The number of esters is 1. The maximum absolute atomic E-state index is 12.4. The van der Waals surface area contributed by atoms with E-state index in [0.717, 1.165) is 0 Å². The van der Waals surface area contributed by atoms with Gasteiger partial charge in [-0.1, -0.05) is 24.3 Å². The quantitative estimate of drug-likeness (QED) is 0.367. The minimum atomic E-state index is -1.18. The third-order valence-corrected chi connectivity index (χ3v) is 3.59. The molecule has 27 heavy (non-hydrogen) atoms. The van der Waals surface area contributed by atoms with Crippen LogP contribution in [0.3, 0.4) is 0 Å². The first-order valence-electron chi connectivity index (χ1n) is 8.13. The summed E-state index contributed by atoms with van der Waals surface area (Å²) in [7, 11) is 0. The topological polar surface area (TPSA) is 131 Å². The third-order valence-electron chi connectivity index (χ3n) is 3.59. The number of carbonyl (C=O) groups excluding carboxylic acids is 2. The molecule has 0 saturated heterocycles. The van der Waals surface area contributed by atoms with Gasteiger partial charge in [0.05, 0.1) is 17.1 Å². The van der Waals surface area contributed by atoms with E-state index in [4.69, 9.17) is 9.84 Å². The van der Waals surface area contributed by atoms with Gasteiger partial charge in [-0.3, -0.25) is 14.9 Å². The average molecular weight is 373 g/mol. The first-order valence-corrected chi connectivity index (χ1v) is 8.13. The number of amides is 1. The van der Waals surface area contributed by atoms with Gasteiger partial charge in [0.1, 0.15) is 5.69 Å². The van der Waals surface area contributed by atoms with Gasteiger partial charge in [-0.15, -0.1) is 0 Å². The van der Waals surface area contributed by atoms with Crippen LogP contribution in [0, 0.1) is 10.1 Å². The molecule has 142 valence electrons. The Kier molecular flexibility index (Phi) is 6.84. The molecule has 1 unspecified atom stereocenters. The highest BCUT2D eigenvalue weighted by molar-refractivity contribution is 6.00. The van der Waals surface area contributed by atoms with Gasteiger partial charge in [0.25, 0.3) is 11.6 Å². The van der Waals surface area contributed by atoms with E-state index in [1.54, 1.807) is 24.3 Å². The van der Waals surface area contributed by atoms with Crippen LogP contribution in [0.2, 0.25) is 0 Å². The fourth-order valence-electron chi connectivity index (χ4n) is 2.26. The number of benzene rings is 2. The number of anilines is 2.